The van der Waals surface area contributed by atoms with Crippen LogP contribution >= 0.6 is 11.8 Å². The lowest BCUT2D eigenvalue weighted by Crippen LogP contribution is -2.30. The minimum absolute atomic E-state index is 0.330. The van der Waals surface area contributed by atoms with E-state index < -0.39 is 0 Å². The van der Waals surface area contributed by atoms with E-state index in [9.17, 15) is 0 Å². The van der Waals surface area contributed by atoms with Crippen LogP contribution in [0.3, 0.4) is 0 Å². The zero-order valence-electron chi connectivity index (χ0n) is 9.55. The Morgan fingerprint density at radius 2 is 1.85 bits per heavy atom. The Hall–Kier alpha value is 0.310. The molecule has 0 aromatic heterocycles. The van der Waals surface area contributed by atoms with Crippen LogP contribution in [0.15, 0.2) is 0 Å². The average Bonchev–Trinajstić information content (AvgIpc) is 2.11. The van der Waals surface area contributed by atoms with Crippen molar-refractivity contribution in [3.8, 4) is 0 Å². The molecule has 0 aliphatic carbocycles. The van der Waals surface area contributed by atoms with E-state index in [2.05, 4.69) is 27.0 Å². The Labute approximate surface area is 87.9 Å². The van der Waals surface area contributed by atoms with Gasteiger partial charge in [-0.05, 0) is 24.5 Å². The molecule has 0 saturated heterocycles. The van der Waals surface area contributed by atoms with E-state index >= 15 is 0 Å². The zero-order chi connectivity index (χ0) is 10.3. The first-order valence-corrected chi connectivity index (χ1v) is 6.70. The van der Waals surface area contributed by atoms with Crippen LogP contribution in [0.4, 0.5) is 0 Å². The fourth-order valence-electron chi connectivity index (χ4n) is 1.68. The maximum Gasteiger partial charge on any atom is 0.0535 e. The van der Waals surface area contributed by atoms with E-state index in [1.54, 1.807) is 11.8 Å². The molecule has 2 N–H and O–H groups in total. The molecule has 0 saturated carbocycles. The molecule has 0 rings (SSSR count). The summed E-state index contributed by atoms with van der Waals surface area (Å²) in [7, 11) is 0. The van der Waals surface area contributed by atoms with Gasteiger partial charge in [-0.2, -0.15) is 0 Å². The SMILES string of the molecule is CCCCCC(C(C)C)C(N)SC. The van der Waals surface area contributed by atoms with E-state index in [-0.39, 0.29) is 0 Å². The van der Waals surface area contributed by atoms with E-state index in [0.717, 1.165) is 5.92 Å². The highest BCUT2D eigenvalue weighted by Crippen LogP contribution is 2.25. The maximum absolute atomic E-state index is 6.06. The predicted octanol–water partition coefficient (Wildman–Crippen LogP) is 3.49. The molecule has 0 aromatic rings. The number of hydrogen-bond donors (Lipinski definition) is 1. The summed E-state index contributed by atoms with van der Waals surface area (Å²) in [6.07, 6.45) is 7.41. The second kappa shape index (κ2) is 7.69. The van der Waals surface area contributed by atoms with Crippen molar-refractivity contribution in [2.45, 2.75) is 51.8 Å². The summed E-state index contributed by atoms with van der Waals surface area (Å²) in [4.78, 5) is 0. The lowest BCUT2D eigenvalue weighted by atomic mass is 9.90. The molecule has 0 aliphatic rings. The summed E-state index contributed by atoms with van der Waals surface area (Å²) >= 11 is 1.80. The zero-order valence-corrected chi connectivity index (χ0v) is 10.4. The standard InChI is InChI=1S/C11H25NS/c1-5-6-7-8-10(9(2)3)11(12)13-4/h9-11H,5-8,12H2,1-4H3. The first kappa shape index (κ1) is 13.3. The molecule has 2 atom stereocenters. The van der Waals surface area contributed by atoms with Crippen molar-refractivity contribution >= 4 is 11.8 Å². The Balaban J connectivity index is 3.80. The van der Waals surface area contributed by atoms with Crippen molar-refractivity contribution < 1.29 is 0 Å². The summed E-state index contributed by atoms with van der Waals surface area (Å²) in [5.41, 5.74) is 6.06. The second-order valence-electron chi connectivity index (χ2n) is 4.10. The number of thioether (sulfide) groups is 1. The van der Waals surface area contributed by atoms with Crippen LogP contribution in [0.2, 0.25) is 0 Å². The number of hydrogen-bond acceptors (Lipinski definition) is 2. The van der Waals surface area contributed by atoms with Crippen molar-refractivity contribution in [2.24, 2.45) is 17.6 Å². The molecule has 80 valence electrons. The fraction of sp³-hybridized carbons (Fsp3) is 1.00. The molecule has 0 aliphatic heterocycles. The lowest BCUT2D eigenvalue weighted by molar-refractivity contribution is 0.339. The molecule has 13 heavy (non-hydrogen) atoms. The topological polar surface area (TPSA) is 26.0 Å². The van der Waals surface area contributed by atoms with E-state index in [1.807, 2.05) is 0 Å². The molecule has 0 amide bonds. The monoisotopic (exact) mass is 203 g/mol. The maximum atomic E-state index is 6.06. The number of unbranched alkanes of at least 4 members (excludes halogenated alkanes) is 2. The number of rotatable bonds is 7. The van der Waals surface area contributed by atoms with E-state index in [1.165, 1.54) is 25.7 Å². The summed E-state index contributed by atoms with van der Waals surface area (Å²) in [6, 6.07) is 0. The van der Waals surface area contributed by atoms with Gasteiger partial charge in [0.1, 0.15) is 0 Å². The van der Waals surface area contributed by atoms with Crippen LogP contribution in [0.5, 0.6) is 0 Å². The Morgan fingerprint density at radius 1 is 1.23 bits per heavy atom. The van der Waals surface area contributed by atoms with Gasteiger partial charge in [0.25, 0.3) is 0 Å². The third-order valence-corrected chi connectivity index (χ3v) is 3.59. The van der Waals surface area contributed by atoms with E-state index in [4.69, 9.17) is 5.73 Å². The normalized spacial score (nSPS) is 16.2. The molecule has 0 aromatic carbocycles. The molecule has 0 fully saturated rings. The van der Waals surface area contributed by atoms with Gasteiger partial charge in [0, 0.05) is 0 Å². The van der Waals surface area contributed by atoms with Gasteiger partial charge in [-0.15, -0.1) is 11.8 Å². The van der Waals surface area contributed by atoms with Gasteiger partial charge < -0.3 is 5.73 Å². The van der Waals surface area contributed by atoms with Crippen LogP contribution in [0.25, 0.3) is 0 Å². The minimum Gasteiger partial charge on any atom is -0.319 e. The molecule has 2 heteroatoms. The molecular formula is C11H25NS. The average molecular weight is 203 g/mol. The first-order chi connectivity index (χ1) is 6.13. The van der Waals surface area contributed by atoms with Crippen molar-refractivity contribution in [1.29, 1.82) is 0 Å². The van der Waals surface area contributed by atoms with Gasteiger partial charge in [0.05, 0.1) is 5.37 Å². The molecule has 2 unspecified atom stereocenters. The van der Waals surface area contributed by atoms with Gasteiger partial charge in [-0.1, -0.05) is 40.0 Å². The highest BCUT2D eigenvalue weighted by molar-refractivity contribution is 7.99. The largest absolute Gasteiger partial charge is 0.319 e. The highest BCUT2D eigenvalue weighted by Gasteiger charge is 2.19. The van der Waals surface area contributed by atoms with Gasteiger partial charge in [-0.25, -0.2) is 0 Å². The van der Waals surface area contributed by atoms with Crippen molar-refractivity contribution in [3.63, 3.8) is 0 Å². The summed E-state index contributed by atoms with van der Waals surface area (Å²) in [5.74, 6) is 1.42. The smallest absolute Gasteiger partial charge is 0.0535 e. The third-order valence-electron chi connectivity index (χ3n) is 2.69. The highest BCUT2D eigenvalue weighted by atomic mass is 32.2. The summed E-state index contributed by atoms with van der Waals surface area (Å²) < 4.78 is 0. The van der Waals surface area contributed by atoms with Crippen molar-refractivity contribution in [3.05, 3.63) is 0 Å². The third kappa shape index (κ3) is 5.58. The van der Waals surface area contributed by atoms with Crippen LogP contribution in [-0.2, 0) is 0 Å². The molecule has 0 bridgehead atoms. The summed E-state index contributed by atoms with van der Waals surface area (Å²) in [5, 5.41) is 0.330. The first-order valence-electron chi connectivity index (χ1n) is 5.41. The predicted molar refractivity (Wildman–Crippen MR) is 64.0 cm³/mol. The molecule has 0 spiro atoms. The quantitative estimate of drug-likeness (QED) is 0.506. The van der Waals surface area contributed by atoms with Gasteiger partial charge in [0.15, 0.2) is 0 Å². The fourth-order valence-corrected chi connectivity index (χ4v) is 2.48. The Morgan fingerprint density at radius 3 is 2.23 bits per heavy atom. The van der Waals surface area contributed by atoms with Crippen LogP contribution in [0.1, 0.15) is 46.5 Å². The van der Waals surface area contributed by atoms with Gasteiger partial charge >= 0.3 is 0 Å². The van der Waals surface area contributed by atoms with Gasteiger partial charge in [-0.3, -0.25) is 0 Å². The molecular weight excluding hydrogens is 178 g/mol. The Kier molecular flexibility index (Phi) is 7.87. The van der Waals surface area contributed by atoms with Crippen LogP contribution < -0.4 is 5.73 Å². The van der Waals surface area contributed by atoms with Crippen LogP contribution in [0, 0.1) is 11.8 Å². The van der Waals surface area contributed by atoms with Gasteiger partial charge in [0.2, 0.25) is 0 Å². The second-order valence-corrected chi connectivity index (χ2v) is 5.12. The van der Waals surface area contributed by atoms with Crippen molar-refractivity contribution in [1.82, 2.24) is 0 Å². The van der Waals surface area contributed by atoms with Crippen molar-refractivity contribution in [2.75, 3.05) is 6.26 Å². The lowest BCUT2D eigenvalue weighted by Gasteiger charge is -2.25. The minimum atomic E-state index is 0.330. The molecule has 0 heterocycles. The molecule has 0 radical (unpaired) electrons. The Bertz CT molecular complexity index is 115. The number of nitrogens with two attached hydrogens (primary N) is 1. The summed E-state index contributed by atoms with van der Waals surface area (Å²) in [6.45, 7) is 6.82. The van der Waals surface area contributed by atoms with Crippen LogP contribution in [-0.4, -0.2) is 11.6 Å². The molecule has 1 nitrogen and oxygen atoms in total. The van der Waals surface area contributed by atoms with E-state index in [0.29, 0.717) is 11.3 Å².